The van der Waals surface area contributed by atoms with Crippen molar-refractivity contribution in [3.05, 3.63) is 0 Å². The van der Waals surface area contributed by atoms with E-state index in [0.717, 1.165) is 6.42 Å². The van der Waals surface area contributed by atoms with E-state index in [1.165, 1.54) is 0 Å². The van der Waals surface area contributed by atoms with Crippen molar-refractivity contribution < 1.29 is 14.6 Å². The minimum Gasteiger partial charge on any atom is -0.479 e. The molecule has 1 fully saturated rings. The van der Waals surface area contributed by atoms with Gasteiger partial charge in [-0.25, -0.2) is 4.79 Å². The van der Waals surface area contributed by atoms with Gasteiger partial charge in [-0.3, -0.25) is 0 Å². The van der Waals surface area contributed by atoms with E-state index in [0.29, 0.717) is 5.92 Å². The molecule has 3 heteroatoms. The molecule has 0 aromatic carbocycles. The van der Waals surface area contributed by atoms with Gasteiger partial charge in [0.2, 0.25) is 0 Å². The van der Waals surface area contributed by atoms with Crippen LogP contribution in [-0.2, 0) is 9.53 Å². The zero-order valence-corrected chi connectivity index (χ0v) is 6.20. The van der Waals surface area contributed by atoms with Crippen molar-refractivity contribution >= 4 is 5.97 Å². The molecular formula is C7H12O3. The van der Waals surface area contributed by atoms with Gasteiger partial charge in [-0.15, -0.1) is 0 Å². The second kappa shape index (κ2) is 2.58. The first-order valence-corrected chi connectivity index (χ1v) is 3.49. The van der Waals surface area contributed by atoms with E-state index in [1.807, 2.05) is 0 Å². The third-order valence-corrected chi connectivity index (χ3v) is 1.53. The Balaban J connectivity index is 2.20. The summed E-state index contributed by atoms with van der Waals surface area (Å²) in [6, 6.07) is 0. The minimum absolute atomic E-state index is 0.0162. The Morgan fingerprint density at radius 2 is 2.30 bits per heavy atom. The second-order valence-corrected chi connectivity index (χ2v) is 3.06. The largest absolute Gasteiger partial charge is 0.479 e. The Kier molecular flexibility index (Phi) is 1.94. The number of carbonyl (C=O) groups is 1. The maximum Gasteiger partial charge on any atom is 0.335 e. The number of aliphatic carboxylic acids is 1. The van der Waals surface area contributed by atoms with Crippen LogP contribution in [0, 0.1) is 5.92 Å². The molecule has 0 saturated carbocycles. The van der Waals surface area contributed by atoms with Crippen molar-refractivity contribution in [1.29, 1.82) is 0 Å². The minimum atomic E-state index is -0.828. The zero-order chi connectivity index (χ0) is 7.72. The standard InChI is InChI=1S/C7H12O3/c1-4(2)3-5-6(10-5)7(8)9/h4-6H,3H2,1-2H3,(H,8,9). The van der Waals surface area contributed by atoms with Gasteiger partial charge in [0.05, 0.1) is 6.10 Å². The Morgan fingerprint density at radius 3 is 2.60 bits per heavy atom. The van der Waals surface area contributed by atoms with Crippen molar-refractivity contribution in [3.63, 3.8) is 0 Å². The van der Waals surface area contributed by atoms with Crippen LogP contribution < -0.4 is 0 Å². The Bertz CT molecular complexity index is 142. The molecule has 0 bridgehead atoms. The smallest absolute Gasteiger partial charge is 0.335 e. The van der Waals surface area contributed by atoms with E-state index >= 15 is 0 Å². The maximum absolute atomic E-state index is 10.2. The summed E-state index contributed by atoms with van der Waals surface area (Å²) in [4.78, 5) is 10.2. The van der Waals surface area contributed by atoms with Crippen LogP contribution in [0.1, 0.15) is 20.3 Å². The molecule has 58 valence electrons. The fraction of sp³-hybridized carbons (Fsp3) is 0.857. The Hall–Kier alpha value is -0.570. The molecule has 2 unspecified atom stereocenters. The van der Waals surface area contributed by atoms with Gasteiger partial charge in [-0.05, 0) is 12.3 Å². The number of carboxylic acids is 1. The van der Waals surface area contributed by atoms with Crippen LogP contribution >= 0.6 is 0 Å². The van der Waals surface area contributed by atoms with Gasteiger partial charge in [0.1, 0.15) is 0 Å². The summed E-state index contributed by atoms with van der Waals surface area (Å²) in [6.45, 7) is 4.11. The number of epoxide rings is 1. The van der Waals surface area contributed by atoms with Gasteiger partial charge in [0.25, 0.3) is 0 Å². The summed E-state index contributed by atoms with van der Waals surface area (Å²) >= 11 is 0. The molecule has 1 heterocycles. The first kappa shape index (κ1) is 7.54. The van der Waals surface area contributed by atoms with Crippen LogP contribution in [-0.4, -0.2) is 23.3 Å². The van der Waals surface area contributed by atoms with Crippen LogP contribution in [0.4, 0.5) is 0 Å². The van der Waals surface area contributed by atoms with Gasteiger partial charge in [0.15, 0.2) is 6.10 Å². The van der Waals surface area contributed by atoms with E-state index in [1.54, 1.807) is 0 Å². The molecule has 0 aromatic rings. The highest BCUT2D eigenvalue weighted by atomic mass is 16.6. The average molecular weight is 144 g/mol. The Labute approximate surface area is 60.0 Å². The molecule has 1 N–H and O–H groups in total. The van der Waals surface area contributed by atoms with E-state index in [4.69, 9.17) is 9.84 Å². The predicted octanol–water partition coefficient (Wildman–Crippen LogP) is 0.885. The molecule has 1 saturated heterocycles. The van der Waals surface area contributed by atoms with E-state index < -0.39 is 12.1 Å². The average Bonchev–Trinajstić information content (AvgIpc) is 2.43. The third kappa shape index (κ3) is 1.70. The van der Waals surface area contributed by atoms with Crippen molar-refractivity contribution in [2.24, 2.45) is 5.92 Å². The van der Waals surface area contributed by atoms with Crippen molar-refractivity contribution in [2.75, 3.05) is 0 Å². The summed E-state index contributed by atoms with van der Waals surface area (Å²) in [5.41, 5.74) is 0. The fourth-order valence-corrected chi connectivity index (χ4v) is 1.00. The summed E-state index contributed by atoms with van der Waals surface area (Å²) in [5.74, 6) is -0.306. The Morgan fingerprint density at radius 1 is 1.70 bits per heavy atom. The normalized spacial score (nSPS) is 30.7. The van der Waals surface area contributed by atoms with Crippen LogP contribution in [0.5, 0.6) is 0 Å². The third-order valence-electron chi connectivity index (χ3n) is 1.53. The lowest BCUT2D eigenvalue weighted by Crippen LogP contribution is -2.09. The number of hydrogen-bond donors (Lipinski definition) is 1. The summed E-state index contributed by atoms with van der Waals surface area (Å²) in [5, 5.41) is 8.41. The molecule has 10 heavy (non-hydrogen) atoms. The molecule has 0 spiro atoms. The first-order chi connectivity index (χ1) is 4.61. The topological polar surface area (TPSA) is 49.8 Å². The van der Waals surface area contributed by atoms with Gasteiger partial charge in [-0.2, -0.15) is 0 Å². The molecular weight excluding hydrogens is 132 g/mol. The summed E-state index contributed by atoms with van der Waals surface area (Å²) in [7, 11) is 0. The molecule has 1 aliphatic rings. The molecule has 3 nitrogen and oxygen atoms in total. The molecule has 0 aliphatic carbocycles. The van der Waals surface area contributed by atoms with Crippen LogP contribution in [0.3, 0.4) is 0 Å². The highest BCUT2D eigenvalue weighted by molar-refractivity contribution is 5.75. The maximum atomic E-state index is 10.2. The quantitative estimate of drug-likeness (QED) is 0.598. The predicted molar refractivity (Wildman–Crippen MR) is 35.8 cm³/mol. The lowest BCUT2D eigenvalue weighted by molar-refractivity contribution is -0.138. The van der Waals surface area contributed by atoms with Crippen LogP contribution in [0.25, 0.3) is 0 Å². The molecule has 0 aromatic heterocycles. The number of carboxylic acid groups (broad SMARTS) is 1. The second-order valence-electron chi connectivity index (χ2n) is 3.06. The molecule has 1 aliphatic heterocycles. The number of hydrogen-bond acceptors (Lipinski definition) is 2. The van der Waals surface area contributed by atoms with E-state index in [-0.39, 0.29) is 6.10 Å². The molecule has 2 atom stereocenters. The SMILES string of the molecule is CC(C)CC1OC1C(=O)O. The highest BCUT2D eigenvalue weighted by Crippen LogP contribution is 2.28. The molecule has 1 rings (SSSR count). The van der Waals surface area contributed by atoms with Gasteiger partial charge >= 0.3 is 5.97 Å². The monoisotopic (exact) mass is 144 g/mol. The fourth-order valence-electron chi connectivity index (χ4n) is 1.00. The van der Waals surface area contributed by atoms with Gasteiger partial charge in [-0.1, -0.05) is 13.8 Å². The molecule has 0 radical (unpaired) electrons. The van der Waals surface area contributed by atoms with E-state index in [2.05, 4.69) is 13.8 Å². The van der Waals surface area contributed by atoms with Crippen LogP contribution in [0.15, 0.2) is 0 Å². The zero-order valence-electron chi connectivity index (χ0n) is 6.20. The lowest BCUT2D eigenvalue weighted by Gasteiger charge is -1.96. The number of ether oxygens (including phenoxy) is 1. The summed E-state index contributed by atoms with van der Waals surface area (Å²) in [6.07, 6.45) is 0.330. The number of rotatable bonds is 3. The highest BCUT2D eigenvalue weighted by Gasteiger charge is 2.44. The molecule has 0 amide bonds. The van der Waals surface area contributed by atoms with Gasteiger partial charge in [0, 0.05) is 0 Å². The summed E-state index contributed by atoms with van der Waals surface area (Å²) < 4.78 is 4.89. The van der Waals surface area contributed by atoms with Crippen molar-refractivity contribution in [3.8, 4) is 0 Å². The van der Waals surface area contributed by atoms with Crippen molar-refractivity contribution in [2.45, 2.75) is 32.5 Å². The first-order valence-electron chi connectivity index (χ1n) is 3.49. The lowest BCUT2D eigenvalue weighted by atomic mass is 10.1. The van der Waals surface area contributed by atoms with Crippen molar-refractivity contribution in [1.82, 2.24) is 0 Å². The van der Waals surface area contributed by atoms with Crippen LogP contribution in [0.2, 0.25) is 0 Å². The van der Waals surface area contributed by atoms with E-state index in [9.17, 15) is 4.79 Å². The van der Waals surface area contributed by atoms with Gasteiger partial charge < -0.3 is 9.84 Å².